The first kappa shape index (κ1) is 37.4. The maximum atomic E-state index is 12.3. The van der Waals surface area contributed by atoms with Crippen molar-refractivity contribution in [2.24, 2.45) is 80.8 Å². The molecule has 6 heteroatoms. The molecule has 0 aliphatic heterocycles. The molecule has 0 aromatic rings. The van der Waals surface area contributed by atoms with Crippen molar-refractivity contribution in [1.82, 2.24) is 0 Å². The molecular formula is C44H69ClO5. The Morgan fingerprint density at radius 2 is 1.02 bits per heavy atom. The summed E-state index contributed by atoms with van der Waals surface area (Å²) in [5.41, 5.74) is 1.36. The third-order valence-corrected chi connectivity index (χ3v) is 18.9. The Morgan fingerprint density at radius 3 is 1.50 bits per heavy atom. The molecule has 0 radical (unpaired) electrons. The van der Waals surface area contributed by atoms with Crippen LogP contribution in [0, 0.1) is 80.8 Å². The number of alkyl halides is 1. The van der Waals surface area contributed by atoms with E-state index in [-0.39, 0.29) is 34.9 Å². The van der Waals surface area contributed by atoms with Crippen molar-refractivity contribution < 1.29 is 24.2 Å². The molecule has 16 atom stereocenters. The molecule has 0 saturated heterocycles. The van der Waals surface area contributed by atoms with Crippen molar-refractivity contribution in [3.8, 4) is 0 Å². The minimum atomic E-state index is -0.270. The van der Waals surface area contributed by atoms with E-state index in [4.69, 9.17) is 16.3 Å². The van der Waals surface area contributed by atoms with E-state index in [2.05, 4.69) is 27.7 Å². The number of hydrogen-bond acceptors (Lipinski definition) is 5. The fourth-order valence-corrected chi connectivity index (χ4v) is 16.2. The smallest absolute Gasteiger partial charge is 0.321 e. The van der Waals surface area contributed by atoms with E-state index in [0.29, 0.717) is 40.2 Å². The normalized spacial score (nSPS) is 52.0. The quantitative estimate of drug-likeness (QED) is 0.232. The van der Waals surface area contributed by atoms with Gasteiger partial charge in [-0.2, -0.15) is 0 Å². The van der Waals surface area contributed by atoms with E-state index in [1.165, 1.54) is 77.0 Å². The predicted octanol–water partition coefficient (Wildman–Crippen LogP) is 9.98. The van der Waals surface area contributed by atoms with E-state index in [0.717, 1.165) is 80.0 Å². The molecular weight excluding hydrogens is 644 g/mol. The summed E-state index contributed by atoms with van der Waals surface area (Å²) in [6.07, 6.45) is 21.5. The molecule has 1 N–H and O–H groups in total. The zero-order chi connectivity index (χ0) is 35.8. The van der Waals surface area contributed by atoms with Crippen molar-refractivity contribution in [3.63, 3.8) is 0 Å². The van der Waals surface area contributed by atoms with E-state index >= 15 is 0 Å². The molecule has 0 spiro atoms. The SMILES string of the molecule is CC(=O)[C@H]1CCC2C3CC[C@H]4C[C@@H](O)CC[C@]4(C)C3CC[C@@]21C.CC(=O)[C@H]1CCC2C3CC[C@H]4C[C@H](OC(=O)CCl)CC[C@]4(C)C3CC[C@@]21C. The van der Waals surface area contributed by atoms with Gasteiger partial charge in [0.25, 0.3) is 0 Å². The topological polar surface area (TPSA) is 80.7 Å². The van der Waals surface area contributed by atoms with Gasteiger partial charge < -0.3 is 9.84 Å². The van der Waals surface area contributed by atoms with Gasteiger partial charge in [-0.15, -0.1) is 11.6 Å². The van der Waals surface area contributed by atoms with Crippen LogP contribution in [-0.2, 0) is 19.1 Å². The molecule has 50 heavy (non-hydrogen) atoms. The first-order chi connectivity index (χ1) is 23.7. The lowest BCUT2D eigenvalue weighted by Gasteiger charge is -2.61. The molecule has 0 aromatic heterocycles. The molecule has 0 bridgehead atoms. The fraction of sp³-hybridized carbons (Fsp3) is 0.932. The van der Waals surface area contributed by atoms with Gasteiger partial charge in [-0.05, 0) is 198 Å². The maximum absolute atomic E-state index is 12.3. The second-order valence-corrected chi connectivity index (χ2v) is 20.6. The standard InChI is InChI=1S/C23H35ClO3.C21H34O2/c1-14(25)18-6-7-19-17-5-4-15-12-16(27-21(26)13-24)8-10-22(15,2)20(17)9-11-23(18,19)3;1-13(22)17-6-7-18-16-5-4-14-12-15(23)8-10-20(14,2)19(16)9-11-21(17,18)3/h15-20H,4-13H2,1-3H3;14-19,23H,4-12H2,1-3H3/t15-,16+,17?,18+,19?,20?,22-,23+;14-,15-,16?,17+,18?,19?,20-,21+/m00/s1. The third kappa shape index (κ3) is 5.99. The lowest BCUT2D eigenvalue weighted by atomic mass is 9.44. The second-order valence-electron chi connectivity index (χ2n) is 20.3. The highest BCUT2D eigenvalue weighted by Gasteiger charge is 2.62. The van der Waals surface area contributed by atoms with E-state index < -0.39 is 0 Å². The highest BCUT2D eigenvalue weighted by atomic mass is 35.5. The minimum Gasteiger partial charge on any atom is -0.461 e. The molecule has 282 valence electrons. The van der Waals surface area contributed by atoms with Gasteiger partial charge in [0, 0.05) is 11.8 Å². The van der Waals surface area contributed by atoms with Crippen LogP contribution in [0.4, 0.5) is 0 Å². The van der Waals surface area contributed by atoms with Crippen LogP contribution in [0.15, 0.2) is 0 Å². The van der Waals surface area contributed by atoms with Crippen LogP contribution in [0.3, 0.4) is 0 Å². The van der Waals surface area contributed by atoms with Crippen molar-refractivity contribution in [1.29, 1.82) is 0 Å². The largest absolute Gasteiger partial charge is 0.461 e. The minimum absolute atomic E-state index is 0.0410. The summed E-state index contributed by atoms with van der Waals surface area (Å²) >= 11 is 5.63. The number of Topliss-reactive ketones (excluding diaryl/α,β-unsaturated/α-hetero) is 2. The third-order valence-electron chi connectivity index (χ3n) is 18.6. The van der Waals surface area contributed by atoms with Crippen LogP contribution < -0.4 is 0 Å². The van der Waals surface area contributed by atoms with Crippen molar-refractivity contribution in [2.45, 2.75) is 169 Å². The molecule has 0 aromatic carbocycles. The Bertz CT molecular complexity index is 1310. The van der Waals surface area contributed by atoms with Crippen LogP contribution in [0.25, 0.3) is 0 Å². The number of esters is 1. The number of halogens is 1. The first-order valence-electron chi connectivity index (χ1n) is 21.1. The van der Waals surface area contributed by atoms with Crippen LogP contribution in [0.2, 0.25) is 0 Å². The summed E-state index contributed by atoms with van der Waals surface area (Å²) in [5.74, 6) is 7.33. The molecule has 8 aliphatic carbocycles. The molecule has 8 fully saturated rings. The average molecular weight is 713 g/mol. The number of carbonyl (C=O) groups excluding carboxylic acids is 3. The molecule has 0 heterocycles. The van der Waals surface area contributed by atoms with Gasteiger partial charge in [0.1, 0.15) is 23.6 Å². The number of ketones is 2. The van der Waals surface area contributed by atoms with Gasteiger partial charge in [0.15, 0.2) is 0 Å². The summed E-state index contributed by atoms with van der Waals surface area (Å²) in [4.78, 5) is 36.0. The number of fused-ring (bicyclic) bond motifs is 10. The van der Waals surface area contributed by atoms with Crippen LogP contribution >= 0.6 is 11.6 Å². The lowest BCUT2D eigenvalue weighted by Crippen LogP contribution is -2.54. The Hall–Kier alpha value is -0.940. The zero-order valence-electron chi connectivity index (χ0n) is 32.3. The van der Waals surface area contributed by atoms with Crippen LogP contribution in [0.5, 0.6) is 0 Å². The highest BCUT2D eigenvalue weighted by Crippen LogP contribution is 2.69. The number of carbonyl (C=O) groups is 3. The van der Waals surface area contributed by atoms with E-state index in [9.17, 15) is 19.5 Å². The maximum Gasteiger partial charge on any atom is 0.321 e. The second kappa shape index (κ2) is 13.7. The molecule has 5 nitrogen and oxygen atoms in total. The van der Waals surface area contributed by atoms with Gasteiger partial charge in [0.2, 0.25) is 0 Å². The summed E-state index contributed by atoms with van der Waals surface area (Å²) in [7, 11) is 0. The number of aliphatic hydroxyl groups excluding tert-OH is 1. The summed E-state index contributed by atoms with van der Waals surface area (Å²) in [6, 6.07) is 0. The van der Waals surface area contributed by atoms with Gasteiger partial charge >= 0.3 is 5.97 Å². The number of hydrogen-bond donors (Lipinski definition) is 1. The Labute approximate surface area is 308 Å². The van der Waals surface area contributed by atoms with Gasteiger partial charge in [-0.25, -0.2) is 0 Å². The van der Waals surface area contributed by atoms with Gasteiger partial charge in [-0.3, -0.25) is 14.4 Å². The van der Waals surface area contributed by atoms with Gasteiger partial charge in [-0.1, -0.05) is 27.7 Å². The molecule has 0 amide bonds. The fourth-order valence-electron chi connectivity index (χ4n) is 16.1. The Balaban J connectivity index is 0.000000159. The zero-order valence-corrected chi connectivity index (χ0v) is 33.1. The van der Waals surface area contributed by atoms with Crippen LogP contribution in [0.1, 0.15) is 157 Å². The average Bonchev–Trinajstić information content (AvgIpc) is 3.62. The van der Waals surface area contributed by atoms with Crippen molar-refractivity contribution in [3.05, 3.63) is 0 Å². The van der Waals surface area contributed by atoms with E-state index in [1.54, 1.807) is 0 Å². The Kier molecular flexibility index (Phi) is 10.3. The van der Waals surface area contributed by atoms with Gasteiger partial charge in [0.05, 0.1) is 6.10 Å². The number of aliphatic hydroxyl groups is 1. The summed E-state index contributed by atoms with van der Waals surface area (Å²) in [6.45, 7) is 13.6. The van der Waals surface area contributed by atoms with Crippen molar-refractivity contribution >= 4 is 29.1 Å². The summed E-state index contributed by atoms with van der Waals surface area (Å²) < 4.78 is 5.59. The van der Waals surface area contributed by atoms with Crippen LogP contribution in [-0.4, -0.2) is 40.7 Å². The molecule has 8 rings (SSSR count). The summed E-state index contributed by atoms with van der Waals surface area (Å²) in [5, 5.41) is 10.1. The Morgan fingerprint density at radius 1 is 0.580 bits per heavy atom. The number of ether oxygens (including phenoxy) is 1. The number of rotatable bonds is 4. The molecule has 8 aliphatic rings. The van der Waals surface area contributed by atoms with Crippen molar-refractivity contribution in [2.75, 3.05) is 5.88 Å². The highest BCUT2D eigenvalue weighted by molar-refractivity contribution is 6.26. The molecule has 8 saturated carbocycles. The first-order valence-corrected chi connectivity index (χ1v) is 21.6. The van der Waals surface area contributed by atoms with E-state index in [1.807, 2.05) is 13.8 Å². The monoisotopic (exact) mass is 712 g/mol. The molecule has 6 unspecified atom stereocenters. The predicted molar refractivity (Wildman–Crippen MR) is 198 cm³/mol. The lowest BCUT2D eigenvalue weighted by molar-refractivity contribution is -0.160.